The van der Waals surface area contributed by atoms with Crippen LogP contribution in [0, 0.1) is 0 Å². The number of fused-ring (bicyclic) bond motifs is 1. The predicted octanol–water partition coefficient (Wildman–Crippen LogP) is 0.885. The quantitative estimate of drug-likeness (QED) is 0.766. The van der Waals surface area contributed by atoms with E-state index in [0.29, 0.717) is 25.1 Å². The first-order chi connectivity index (χ1) is 11.7. The Labute approximate surface area is 139 Å². The maximum atomic E-state index is 6.16. The summed E-state index contributed by atoms with van der Waals surface area (Å²) in [6, 6.07) is 2.19. The van der Waals surface area contributed by atoms with Gasteiger partial charge in [0.1, 0.15) is 11.6 Å². The maximum absolute atomic E-state index is 6.16. The van der Waals surface area contributed by atoms with Gasteiger partial charge in [-0.25, -0.2) is 9.50 Å². The molecule has 2 atom stereocenters. The molecule has 0 aromatic carbocycles. The first-order valence-electron chi connectivity index (χ1n) is 7.98. The van der Waals surface area contributed by atoms with Gasteiger partial charge in [0, 0.05) is 31.3 Å². The molecule has 1 aliphatic rings. The maximum Gasteiger partial charge on any atom is 0.241 e. The van der Waals surface area contributed by atoms with Crippen molar-refractivity contribution in [3.05, 3.63) is 30.9 Å². The molecular formula is C16H20N6O2. The molecule has 4 rings (SSSR count). The molecule has 3 aromatic rings. The lowest BCUT2D eigenvalue weighted by Crippen LogP contribution is -2.43. The highest BCUT2D eigenvalue weighted by Crippen LogP contribution is 2.25. The number of rotatable bonds is 4. The highest BCUT2D eigenvalue weighted by Gasteiger charge is 2.24. The zero-order chi connectivity index (χ0) is 16.5. The minimum atomic E-state index is -0.0356. The van der Waals surface area contributed by atoms with Gasteiger partial charge < -0.3 is 14.8 Å². The third kappa shape index (κ3) is 2.85. The van der Waals surface area contributed by atoms with Crippen molar-refractivity contribution in [1.29, 1.82) is 0 Å². The summed E-state index contributed by atoms with van der Waals surface area (Å²) in [5.41, 5.74) is 2.54. The van der Waals surface area contributed by atoms with Gasteiger partial charge in [-0.05, 0) is 13.1 Å². The summed E-state index contributed by atoms with van der Waals surface area (Å²) < 4.78 is 15.3. The topological polar surface area (TPSA) is 78.5 Å². The molecule has 0 bridgehead atoms. The van der Waals surface area contributed by atoms with Crippen LogP contribution in [-0.2, 0) is 11.8 Å². The van der Waals surface area contributed by atoms with E-state index in [1.165, 1.54) is 0 Å². The molecule has 2 unspecified atom stereocenters. The Bertz CT molecular complexity index is 842. The molecule has 0 radical (unpaired) electrons. The van der Waals surface area contributed by atoms with Gasteiger partial charge in [-0.3, -0.25) is 4.68 Å². The van der Waals surface area contributed by atoms with Crippen LogP contribution in [0.2, 0.25) is 0 Å². The smallest absolute Gasteiger partial charge is 0.241 e. The zero-order valence-electron chi connectivity index (χ0n) is 13.7. The Kier molecular flexibility index (Phi) is 3.91. The molecule has 1 saturated heterocycles. The van der Waals surface area contributed by atoms with Crippen molar-refractivity contribution in [2.24, 2.45) is 7.05 Å². The molecule has 1 N–H and O–H groups in total. The summed E-state index contributed by atoms with van der Waals surface area (Å²) in [6.07, 6.45) is 8.17. The fourth-order valence-electron chi connectivity index (χ4n) is 2.91. The molecule has 3 aromatic heterocycles. The van der Waals surface area contributed by atoms with Crippen LogP contribution in [-0.4, -0.2) is 56.8 Å². The van der Waals surface area contributed by atoms with Gasteiger partial charge in [-0.2, -0.15) is 10.2 Å². The number of hydrogen-bond donors (Lipinski definition) is 1. The van der Waals surface area contributed by atoms with E-state index in [1.54, 1.807) is 21.6 Å². The van der Waals surface area contributed by atoms with E-state index in [0.717, 1.165) is 23.2 Å². The second kappa shape index (κ2) is 6.21. The third-order valence-corrected chi connectivity index (χ3v) is 4.21. The van der Waals surface area contributed by atoms with Gasteiger partial charge >= 0.3 is 0 Å². The van der Waals surface area contributed by atoms with E-state index in [-0.39, 0.29) is 6.10 Å². The van der Waals surface area contributed by atoms with Crippen LogP contribution in [0.15, 0.2) is 30.9 Å². The minimum absolute atomic E-state index is 0.0356. The summed E-state index contributed by atoms with van der Waals surface area (Å²) in [5, 5.41) is 11.8. The molecule has 0 aliphatic carbocycles. The lowest BCUT2D eigenvalue weighted by Gasteiger charge is -2.29. The van der Waals surface area contributed by atoms with Crippen molar-refractivity contribution < 1.29 is 9.47 Å². The van der Waals surface area contributed by atoms with Crippen molar-refractivity contribution in [1.82, 2.24) is 29.7 Å². The molecule has 1 aliphatic heterocycles. The SMILES string of the molecule is CNC1COCC(Oc2nc(-c3cnn(C)c3)cn3nccc23)C1. The van der Waals surface area contributed by atoms with E-state index in [2.05, 4.69) is 20.5 Å². The van der Waals surface area contributed by atoms with Crippen molar-refractivity contribution in [3.63, 3.8) is 0 Å². The van der Waals surface area contributed by atoms with E-state index < -0.39 is 0 Å². The molecular weight excluding hydrogens is 308 g/mol. The van der Waals surface area contributed by atoms with Gasteiger partial charge in [0.2, 0.25) is 5.88 Å². The largest absolute Gasteiger partial charge is 0.470 e. The standard InChI is InChI=1S/C16H20N6O2/c1-17-12-5-13(10-23-9-12)24-16-15-3-4-18-22(15)8-14(20-16)11-6-19-21(2)7-11/h3-4,6-8,12-13,17H,5,9-10H2,1-2H3. The summed E-state index contributed by atoms with van der Waals surface area (Å²) in [6.45, 7) is 1.28. The Morgan fingerprint density at radius 1 is 1.29 bits per heavy atom. The molecule has 0 spiro atoms. The summed E-state index contributed by atoms with van der Waals surface area (Å²) in [5.74, 6) is 0.569. The van der Waals surface area contributed by atoms with Crippen LogP contribution in [0.3, 0.4) is 0 Å². The first-order valence-corrected chi connectivity index (χ1v) is 7.98. The fourth-order valence-corrected chi connectivity index (χ4v) is 2.91. The van der Waals surface area contributed by atoms with Gasteiger partial charge in [0.05, 0.1) is 37.5 Å². The fraction of sp³-hybridized carbons (Fsp3) is 0.438. The Morgan fingerprint density at radius 2 is 2.21 bits per heavy atom. The van der Waals surface area contributed by atoms with E-state index in [9.17, 15) is 0 Å². The minimum Gasteiger partial charge on any atom is -0.470 e. The number of nitrogens with one attached hydrogen (secondary N) is 1. The molecule has 8 nitrogen and oxygen atoms in total. The average molecular weight is 328 g/mol. The Balaban J connectivity index is 1.67. The normalized spacial score (nSPS) is 21.2. The van der Waals surface area contributed by atoms with Gasteiger partial charge in [0.15, 0.2) is 0 Å². The van der Waals surface area contributed by atoms with Crippen LogP contribution in [0.5, 0.6) is 5.88 Å². The lowest BCUT2D eigenvalue weighted by molar-refractivity contribution is -0.0108. The van der Waals surface area contributed by atoms with Gasteiger partial charge in [-0.1, -0.05) is 0 Å². The third-order valence-electron chi connectivity index (χ3n) is 4.21. The summed E-state index contributed by atoms with van der Waals surface area (Å²) in [7, 11) is 3.82. The number of ether oxygens (including phenoxy) is 2. The van der Waals surface area contributed by atoms with Crippen LogP contribution in [0.25, 0.3) is 16.8 Å². The van der Waals surface area contributed by atoms with Crippen molar-refractivity contribution in [2.45, 2.75) is 18.6 Å². The van der Waals surface area contributed by atoms with Crippen molar-refractivity contribution in [2.75, 3.05) is 20.3 Å². The van der Waals surface area contributed by atoms with Crippen LogP contribution in [0.1, 0.15) is 6.42 Å². The highest BCUT2D eigenvalue weighted by molar-refractivity contribution is 5.63. The van der Waals surface area contributed by atoms with E-state index in [4.69, 9.17) is 9.47 Å². The van der Waals surface area contributed by atoms with Crippen LogP contribution >= 0.6 is 0 Å². The summed E-state index contributed by atoms with van der Waals surface area (Å²) in [4.78, 5) is 4.69. The highest BCUT2D eigenvalue weighted by atomic mass is 16.5. The number of hydrogen-bond acceptors (Lipinski definition) is 6. The van der Waals surface area contributed by atoms with Crippen molar-refractivity contribution >= 4 is 5.52 Å². The average Bonchev–Trinajstić information content (AvgIpc) is 3.23. The second-order valence-corrected chi connectivity index (χ2v) is 5.99. The predicted molar refractivity (Wildman–Crippen MR) is 87.9 cm³/mol. The molecule has 24 heavy (non-hydrogen) atoms. The second-order valence-electron chi connectivity index (χ2n) is 5.99. The first kappa shape index (κ1) is 15.1. The monoisotopic (exact) mass is 328 g/mol. The molecule has 4 heterocycles. The number of likely N-dealkylation sites (N-methyl/N-ethyl adjacent to an activating group) is 1. The van der Waals surface area contributed by atoms with Crippen LogP contribution < -0.4 is 10.1 Å². The number of nitrogens with zero attached hydrogens (tertiary/aromatic N) is 5. The summed E-state index contributed by atoms with van der Waals surface area (Å²) >= 11 is 0. The van der Waals surface area contributed by atoms with E-state index in [1.807, 2.05) is 32.6 Å². The molecule has 8 heteroatoms. The Morgan fingerprint density at radius 3 is 3.00 bits per heavy atom. The van der Waals surface area contributed by atoms with E-state index >= 15 is 0 Å². The van der Waals surface area contributed by atoms with Gasteiger partial charge in [0.25, 0.3) is 0 Å². The van der Waals surface area contributed by atoms with Gasteiger partial charge in [-0.15, -0.1) is 0 Å². The molecule has 1 fully saturated rings. The molecule has 0 amide bonds. The zero-order valence-corrected chi connectivity index (χ0v) is 13.7. The number of aromatic nitrogens is 5. The van der Waals surface area contributed by atoms with Crippen molar-refractivity contribution in [3.8, 4) is 17.1 Å². The molecule has 0 saturated carbocycles. The van der Waals surface area contributed by atoms with Crippen LogP contribution in [0.4, 0.5) is 0 Å². The Hall–Kier alpha value is -2.45. The molecule has 126 valence electrons. The number of aryl methyl sites for hydroxylation is 1. The lowest BCUT2D eigenvalue weighted by atomic mass is 10.1.